The Morgan fingerprint density at radius 1 is 1.09 bits per heavy atom. The quantitative estimate of drug-likeness (QED) is 0.286. The Hall–Kier alpha value is -4.11. The monoisotopic (exact) mass is 447 g/mol. The molecule has 2 amide bonds. The molecule has 2 aromatic carbocycles. The van der Waals surface area contributed by atoms with E-state index in [0.717, 1.165) is 27.6 Å². The zero-order valence-corrected chi connectivity index (χ0v) is 18.2. The summed E-state index contributed by atoms with van der Waals surface area (Å²) in [5.41, 5.74) is 4.69. The summed E-state index contributed by atoms with van der Waals surface area (Å²) in [5.74, 6) is 0.413. The van der Waals surface area contributed by atoms with Crippen LogP contribution in [-0.4, -0.2) is 28.2 Å². The fourth-order valence-corrected chi connectivity index (χ4v) is 3.73. The first-order valence-corrected chi connectivity index (χ1v) is 10.6. The van der Waals surface area contributed by atoms with Gasteiger partial charge in [-0.2, -0.15) is 0 Å². The lowest BCUT2D eigenvalue weighted by atomic mass is 10.2. The number of rotatable bonds is 6. The number of nitrogens with one attached hydrogen (secondary N) is 3. The Morgan fingerprint density at radius 3 is 2.75 bits per heavy atom. The molecule has 0 saturated heterocycles. The summed E-state index contributed by atoms with van der Waals surface area (Å²) in [6.45, 7) is 1.98. The van der Waals surface area contributed by atoms with Crippen LogP contribution in [0.2, 0.25) is 0 Å². The molecule has 0 unspecified atom stereocenters. The predicted molar refractivity (Wildman–Crippen MR) is 127 cm³/mol. The Labute approximate surface area is 188 Å². The van der Waals surface area contributed by atoms with Gasteiger partial charge in [0.15, 0.2) is 5.13 Å². The number of urea groups is 1. The van der Waals surface area contributed by atoms with Crippen molar-refractivity contribution in [2.45, 2.75) is 6.92 Å². The van der Waals surface area contributed by atoms with Gasteiger partial charge in [0.1, 0.15) is 11.5 Å². The SMILES string of the molecule is COc1cc(O)ccc1NC(=O)Nc1ccc(C)c(Nc2nc(-c3cccnc3)cs2)c1. The standard InChI is InChI=1S/C23H21N5O3S/c1-14-5-6-16(25-22(30)26-18-8-7-17(29)11-21(18)31-2)10-19(14)27-23-28-20(13-32-23)15-4-3-9-24-12-15/h3-13,29H,1-2H3,(H,27,28)(H2,25,26,30). The maximum Gasteiger partial charge on any atom is 0.323 e. The summed E-state index contributed by atoms with van der Waals surface area (Å²) in [6, 6.07) is 13.4. The summed E-state index contributed by atoms with van der Waals surface area (Å²) in [4.78, 5) is 21.2. The number of methoxy groups -OCH3 is 1. The third-order valence-electron chi connectivity index (χ3n) is 4.63. The van der Waals surface area contributed by atoms with Crippen LogP contribution < -0.4 is 20.7 Å². The van der Waals surface area contributed by atoms with Gasteiger partial charge < -0.3 is 25.8 Å². The van der Waals surface area contributed by atoms with Gasteiger partial charge in [-0.3, -0.25) is 4.98 Å². The number of hydrogen-bond donors (Lipinski definition) is 4. The fourth-order valence-electron chi connectivity index (χ4n) is 3.00. The minimum Gasteiger partial charge on any atom is -0.508 e. The highest BCUT2D eigenvalue weighted by Gasteiger charge is 2.11. The number of amides is 2. The topological polar surface area (TPSA) is 108 Å². The number of phenolic OH excluding ortho intramolecular Hbond substituents is 1. The van der Waals surface area contributed by atoms with Crippen LogP contribution >= 0.6 is 11.3 Å². The van der Waals surface area contributed by atoms with E-state index in [4.69, 9.17) is 4.74 Å². The molecule has 0 atom stereocenters. The van der Waals surface area contributed by atoms with E-state index in [1.165, 1.54) is 30.6 Å². The zero-order valence-electron chi connectivity index (χ0n) is 17.4. The molecule has 0 aliphatic carbocycles. The second-order valence-electron chi connectivity index (χ2n) is 6.90. The molecule has 2 heterocycles. The van der Waals surface area contributed by atoms with E-state index in [1.807, 2.05) is 42.6 Å². The maximum absolute atomic E-state index is 12.5. The van der Waals surface area contributed by atoms with Gasteiger partial charge in [-0.15, -0.1) is 11.3 Å². The Bertz CT molecular complexity index is 1240. The summed E-state index contributed by atoms with van der Waals surface area (Å²) in [5, 5.41) is 21.1. The molecule has 0 radical (unpaired) electrons. The number of ether oxygens (including phenoxy) is 1. The average molecular weight is 448 g/mol. The van der Waals surface area contributed by atoms with Crippen LogP contribution in [0.5, 0.6) is 11.5 Å². The van der Waals surface area contributed by atoms with Crippen LogP contribution in [0.1, 0.15) is 5.56 Å². The lowest BCUT2D eigenvalue weighted by molar-refractivity contribution is 0.262. The van der Waals surface area contributed by atoms with Crippen molar-refractivity contribution in [2.24, 2.45) is 0 Å². The highest BCUT2D eigenvalue weighted by atomic mass is 32.1. The number of aromatic nitrogens is 2. The van der Waals surface area contributed by atoms with Gasteiger partial charge in [-0.05, 0) is 48.9 Å². The number of carbonyl (C=O) groups excluding carboxylic acids is 1. The number of pyridine rings is 1. The van der Waals surface area contributed by atoms with Crippen molar-refractivity contribution in [3.05, 3.63) is 71.9 Å². The molecule has 32 heavy (non-hydrogen) atoms. The smallest absolute Gasteiger partial charge is 0.323 e. The van der Waals surface area contributed by atoms with Crippen molar-refractivity contribution < 1.29 is 14.6 Å². The first-order chi connectivity index (χ1) is 15.5. The molecule has 2 aromatic heterocycles. The van der Waals surface area contributed by atoms with Crippen molar-refractivity contribution in [3.63, 3.8) is 0 Å². The molecule has 0 saturated carbocycles. The van der Waals surface area contributed by atoms with Crippen molar-refractivity contribution in [1.82, 2.24) is 9.97 Å². The molecule has 8 nitrogen and oxygen atoms in total. The van der Waals surface area contributed by atoms with Gasteiger partial charge in [0.2, 0.25) is 0 Å². The van der Waals surface area contributed by atoms with Crippen LogP contribution in [0, 0.1) is 6.92 Å². The van der Waals surface area contributed by atoms with Gasteiger partial charge in [0.05, 0.1) is 18.5 Å². The van der Waals surface area contributed by atoms with Gasteiger partial charge in [0.25, 0.3) is 0 Å². The summed E-state index contributed by atoms with van der Waals surface area (Å²) in [7, 11) is 1.47. The van der Waals surface area contributed by atoms with E-state index in [0.29, 0.717) is 17.1 Å². The first kappa shape index (κ1) is 21.1. The molecule has 0 fully saturated rings. The number of aryl methyl sites for hydroxylation is 1. The van der Waals surface area contributed by atoms with Crippen molar-refractivity contribution >= 4 is 39.6 Å². The van der Waals surface area contributed by atoms with Crippen molar-refractivity contribution in [1.29, 1.82) is 0 Å². The number of anilines is 4. The molecular formula is C23H21N5O3S. The Balaban J connectivity index is 1.46. The number of hydrogen-bond acceptors (Lipinski definition) is 7. The normalized spacial score (nSPS) is 10.4. The third kappa shape index (κ3) is 4.96. The molecule has 4 N–H and O–H groups in total. The Kier molecular flexibility index (Phi) is 6.18. The summed E-state index contributed by atoms with van der Waals surface area (Å²) < 4.78 is 5.19. The van der Waals surface area contributed by atoms with E-state index in [9.17, 15) is 9.90 Å². The van der Waals surface area contributed by atoms with E-state index < -0.39 is 6.03 Å². The van der Waals surface area contributed by atoms with E-state index in [1.54, 1.807) is 18.5 Å². The van der Waals surface area contributed by atoms with Gasteiger partial charge >= 0.3 is 6.03 Å². The minimum absolute atomic E-state index is 0.0518. The van der Waals surface area contributed by atoms with Gasteiger partial charge in [0, 0.05) is 40.8 Å². The van der Waals surface area contributed by atoms with Crippen LogP contribution in [0.4, 0.5) is 27.0 Å². The molecule has 4 aromatic rings. The number of thiazole rings is 1. The minimum atomic E-state index is -0.433. The molecule has 4 rings (SSSR count). The molecule has 0 spiro atoms. The van der Waals surface area contributed by atoms with Gasteiger partial charge in [-0.1, -0.05) is 6.07 Å². The number of phenols is 1. The van der Waals surface area contributed by atoms with Crippen molar-refractivity contribution in [2.75, 3.05) is 23.1 Å². The summed E-state index contributed by atoms with van der Waals surface area (Å²) in [6.07, 6.45) is 3.50. The molecule has 0 bridgehead atoms. The van der Waals surface area contributed by atoms with E-state index in [-0.39, 0.29) is 5.75 Å². The number of carbonyl (C=O) groups is 1. The third-order valence-corrected chi connectivity index (χ3v) is 5.39. The second kappa shape index (κ2) is 9.36. The van der Waals surface area contributed by atoms with Crippen LogP contribution in [0.3, 0.4) is 0 Å². The predicted octanol–water partition coefficient (Wildman–Crippen LogP) is 5.62. The Morgan fingerprint density at radius 2 is 1.97 bits per heavy atom. The zero-order chi connectivity index (χ0) is 22.5. The van der Waals surface area contributed by atoms with Gasteiger partial charge in [-0.25, -0.2) is 9.78 Å². The summed E-state index contributed by atoms with van der Waals surface area (Å²) >= 11 is 1.49. The lowest BCUT2D eigenvalue weighted by Crippen LogP contribution is -2.19. The molecule has 0 aliphatic heterocycles. The first-order valence-electron chi connectivity index (χ1n) is 9.70. The molecule has 162 valence electrons. The fraction of sp³-hybridized carbons (Fsp3) is 0.0870. The van der Waals surface area contributed by atoms with Crippen molar-refractivity contribution in [3.8, 4) is 22.8 Å². The van der Waals surface area contributed by atoms with Crippen LogP contribution in [0.25, 0.3) is 11.3 Å². The molecular weight excluding hydrogens is 426 g/mol. The largest absolute Gasteiger partial charge is 0.508 e. The number of nitrogens with zero attached hydrogens (tertiary/aromatic N) is 2. The van der Waals surface area contributed by atoms with Crippen LogP contribution in [0.15, 0.2) is 66.3 Å². The lowest BCUT2D eigenvalue weighted by Gasteiger charge is -2.13. The van der Waals surface area contributed by atoms with E-state index >= 15 is 0 Å². The maximum atomic E-state index is 12.5. The highest BCUT2D eigenvalue weighted by Crippen LogP contribution is 2.30. The highest BCUT2D eigenvalue weighted by molar-refractivity contribution is 7.14. The van der Waals surface area contributed by atoms with Crippen LogP contribution in [-0.2, 0) is 0 Å². The molecule has 9 heteroatoms. The molecule has 0 aliphatic rings. The number of benzene rings is 2. The van der Waals surface area contributed by atoms with E-state index in [2.05, 4.69) is 25.9 Å². The number of aromatic hydroxyl groups is 1. The second-order valence-corrected chi connectivity index (χ2v) is 7.76. The average Bonchev–Trinajstić information content (AvgIpc) is 3.26.